The average molecular weight is 313 g/mol. The minimum absolute atomic E-state index is 0.201. The van der Waals surface area contributed by atoms with Crippen molar-refractivity contribution in [3.05, 3.63) is 59.6 Å². The van der Waals surface area contributed by atoms with Crippen LogP contribution in [0, 0.1) is 0 Å². The molecule has 5 heteroatoms. The molecule has 0 saturated carbocycles. The number of amides is 1. The van der Waals surface area contributed by atoms with Gasteiger partial charge in [0.05, 0.1) is 0 Å². The first-order valence-corrected chi connectivity index (χ1v) is 7.11. The van der Waals surface area contributed by atoms with E-state index < -0.39 is 0 Å². The summed E-state index contributed by atoms with van der Waals surface area (Å²) >= 11 is 5.89. The molecule has 0 aliphatic heterocycles. The fourth-order valence-electron chi connectivity index (χ4n) is 2.07. The van der Waals surface area contributed by atoms with E-state index in [1.165, 1.54) is 6.92 Å². The average Bonchev–Trinajstić information content (AvgIpc) is 2.92. The van der Waals surface area contributed by atoms with Gasteiger partial charge in [-0.15, -0.1) is 0 Å². The quantitative estimate of drug-likeness (QED) is 0.767. The molecule has 0 aliphatic carbocycles. The predicted molar refractivity (Wildman–Crippen MR) is 86.7 cm³/mol. The Bertz CT molecular complexity index is 795. The molecule has 0 atom stereocenters. The third-order valence-electron chi connectivity index (χ3n) is 3.05. The lowest BCUT2D eigenvalue weighted by Gasteiger charge is -2.00. The summed E-state index contributed by atoms with van der Waals surface area (Å²) in [7, 11) is 0. The van der Waals surface area contributed by atoms with Crippen molar-refractivity contribution in [1.82, 2.24) is 4.98 Å². The highest BCUT2D eigenvalue weighted by Gasteiger charge is 2.17. The van der Waals surface area contributed by atoms with Gasteiger partial charge in [0.1, 0.15) is 0 Å². The molecule has 1 N–H and O–H groups in total. The molecule has 1 heterocycles. The zero-order valence-corrected chi connectivity index (χ0v) is 12.6. The molecule has 110 valence electrons. The van der Waals surface area contributed by atoms with Crippen LogP contribution in [0.5, 0.6) is 0 Å². The number of rotatable bonds is 3. The first-order chi connectivity index (χ1) is 10.6. The summed E-state index contributed by atoms with van der Waals surface area (Å²) in [6.07, 6.45) is 0. The molecule has 1 amide bonds. The van der Waals surface area contributed by atoms with E-state index in [4.69, 9.17) is 16.0 Å². The van der Waals surface area contributed by atoms with Crippen LogP contribution in [0.3, 0.4) is 0 Å². The van der Waals surface area contributed by atoms with Gasteiger partial charge < -0.3 is 9.73 Å². The van der Waals surface area contributed by atoms with Crippen LogP contribution in [0.4, 0.5) is 5.82 Å². The molecular weight excluding hydrogens is 300 g/mol. The minimum atomic E-state index is -0.201. The maximum Gasteiger partial charge on any atom is 0.228 e. The number of carbonyl (C=O) groups excluding carboxylic acids is 1. The second-order valence-corrected chi connectivity index (χ2v) is 5.19. The number of nitrogens with one attached hydrogen (secondary N) is 1. The maximum atomic E-state index is 11.4. The Balaban J connectivity index is 2.08. The summed E-state index contributed by atoms with van der Waals surface area (Å²) in [4.78, 5) is 15.8. The number of oxazole rings is 1. The molecule has 0 fully saturated rings. The van der Waals surface area contributed by atoms with Crippen LogP contribution in [0.2, 0.25) is 5.02 Å². The number of carbonyl (C=O) groups is 1. The lowest BCUT2D eigenvalue weighted by Crippen LogP contribution is -2.06. The van der Waals surface area contributed by atoms with E-state index in [-0.39, 0.29) is 5.91 Å². The SMILES string of the molecule is CC(=O)Nc1nc(-c2ccc(Cl)cc2)oc1-c1ccccc1. The van der Waals surface area contributed by atoms with Crippen molar-refractivity contribution in [2.45, 2.75) is 6.92 Å². The van der Waals surface area contributed by atoms with Gasteiger partial charge in [-0.05, 0) is 24.3 Å². The molecule has 0 spiro atoms. The van der Waals surface area contributed by atoms with Crippen LogP contribution in [0.15, 0.2) is 59.0 Å². The van der Waals surface area contributed by atoms with Crippen molar-refractivity contribution in [3.8, 4) is 22.8 Å². The highest BCUT2D eigenvalue weighted by molar-refractivity contribution is 6.30. The van der Waals surface area contributed by atoms with Crippen molar-refractivity contribution in [3.63, 3.8) is 0 Å². The third-order valence-corrected chi connectivity index (χ3v) is 3.30. The molecule has 0 saturated heterocycles. The Morgan fingerprint density at radius 3 is 2.36 bits per heavy atom. The first kappa shape index (κ1) is 14.4. The van der Waals surface area contributed by atoms with E-state index in [9.17, 15) is 4.79 Å². The highest BCUT2D eigenvalue weighted by Crippen LogP contribution is 2.33. The lowest BCUT2D eigenvalue weighted by molar-refractivity contribution is -0.114. The van der Waals surface area contributed by atoms with Gasteiger partial charge in [-0.1, -0.05) is 41.9 Å². The monoisotopic (exact) mass is 312 g/mol. The van der Waals surface area contributed by atoms with Crippen LogP contribution < -0.4 is 5.32 Å². The molecule has 2 aromatic carbocycles. The van der Waals surface area contributed by atoms with Gasteiger partial charge in [0.25, 0.3) is 0 Å². The molecule has 0 unspecified atom stereocenters. The van der Waals surface area contributed by atoms with Crippen molar-refractivity contribution in [2.24, 2.45) is 0 Å². The van der Waals surface area contributed by atoms with Gasteiger partial charge in [0.15, 0.2) is 11.6 Å². The summed E-state index contributed by atoms with van der Waals surface area (Å²) in [5.74, 6) is 1.16. The lowest BCUT2D eigenvalue weighted by atomic mass is 10.2. The van der Waals surface area contributed by atoms with Gasteiger partial charge in [-0.2, -0.15) is 4.98 Å². The van der Waals surface area contributed by atoms with Gasteiger partial charge in [-0.25, -0.2) is 0 Å². The third kappa shape index (κ3) is 3.02. The first-order valence-electron chi connectivity index (χ1n) is 6.73. The molecule has 4 nitrogen and oxygen atoms in total. The number of benzene rings is 2. The molecule has 3 aromatic rings. The number of hydrogen-bond donors (Lipinski definition) is 1. The number of aromatic nitrogens is 1. The second kappa shape index (κ2) is 6.03. The van der Waals surface area contributed by atoms with E-state index >= 15 is 0 Å². The van der Waals surface area contributed by atoms with Crippen LogP contribution >= 0.6 is 11.6 Å². The molecule has 0 radical (unpaired) electrons. The van der Waals surface area contributed by atoms with E-state index in [1.54, 1.807) is 12.1 Å². The Kier molecular flexibility index (Phi) is 3.94. The van der Waals surface area contributed by atoms with Gasteiger partial charge >= 0.3 is 0 Å². The number of nitrogens with zero attached hydrogens (tertiary/aromatic N) is 1. The fraction of sp³-hybridized carbons (Fsp3) is 0.0588. The molecular formula is C17H13ClN2O2. The Morgan fingerprint density at radius 1 is 1.05 bits per heavy atom. The normalized spacial score (nSPS) is 10.5. The van der Waals surface area contributed by atoms with Crippen molar-refractivity contribution < 1.29 is 9.21 Å². The molecule has 3 rings (SSSR count). The summed E-state index contributed by atoms with van der Waals surface area (Å²) in [6.45, 7) is 1.44. The predicted octanol–water partition coefficient (Wildman–Crippen LogP) is 4.62. The molecule has 0 aliphatic rings. The van der Waals surface area contributed by atoms with Gasteiger partial charge in [0.2, 0.25) is 11.8 Å². The molecule has 0 bridgehead atoms. The van der Waals surface area contributed by atoms with Crippen molar-refractivity contribution >= 4 is 23.3 Å². The zero-order valence-electron chi connectivity index (χ0n) is 11.8. The summed E-state index contributed by atoms with van der Waals surface area (Å²) in [5, 5.41) is 3.34. The Morgan fingerprint density at radius 2 is 1.73 bits per heavy atom. The van der Waals surface area contributed by atoms with E-state index in [0.29, 0.717) is 22.5 Å². The minimum Gasteiger partial charge on any atom is -0.434 e. The smallest absolute Gasteiger partial charge is 0.228 e. The van der Waals surface area contributed by atoms with E-state index in [0.717, 1.165) is 11.1 Å². The summed E-state index contributed by atoms with van der Waals surface area (Å²) in [5.41, 5.74) is 1.64. The van der Waals surface area contributed by atoms with E-state index in [2.05, 4.69) is 10.3 Å². The second-order valence-electron chi connectivity index (χ2n) is 4.75. The molecule has 22 heavy (non-hydrogen) atoms. The van der Waals surface area contributed by atoms with Crippen molar-refractivity contribution in [1.29, 1.82) is 0 Å². The maximum absolute atomic E-state index is 11.4. The number of anilines is 1. The standard InChI is InChI=1S/C17H13ClN2O2/c1-11(21)19-16-15(12-5-3-2-4-6-12)22-17(20-16)13-7-9-14(18)10-8-13/h2-10H,1H3,(H,19,21). The Hall–Kier alpha value is -2.59. The topological polar surface area (TPSA) is 55.1 Å². The van der Waals surface area contributed by atoms with Crippen molar-refractivity contribution in [2.75, 3.05) is 5.32 Å². The summed E-state index contributed by atoms with van der Waals surface area (Å²) < 4.78 is 5.86. The van der Waals surface area contributed by atoms with Crippen LogP contribution in [-0.4, -0.2) is 10.9 Å². The van der Waals surface area contributed by atoms with Gasteiger partial charge in [-0.3, -0.25) is 4.79 Å². The largest absolute Gasteiger partial charge is 0.434 e. The van der Waals surface area contributed by atoms with Crippen LogP contribution in [0.25, 0.3) is 22.8 Å². The van der Waals surface area contributed by atoms with Gasteiger partial charge in [0, 0.05) is 23.1 Å². The molecule has 1 aromatic heterocycles. The zero-order chi connectivity index (χ0) is 15.5. The van der Waals surface area contributed by atoms with E-state index in [1.807, 2.05) is 42.5 Å². The van der Waals surface area contributed by atoms with Crippen LogP contribution in [0.1, 0.15) is 6.92 Å². The number of halogens is 1. The van der Waals surface area contributed by atoms with Crippen LogP contribution in [-0.2, 0) is 4.79 Å². The fourth-order valence-corrected chi connectivity index (χ4v) is 2.20. The summed E-state index contributed by atoms with van der Waals surface area (Å²) in [6, 6.07) is 16.7. The number of hydrogen-bond acceptors (Lipinski definition) is 3. The Labute approximate surface area is 132 Å². The highest BCUT2D eigenvalue weighted by atomic mass is 35.5.